The molecule has 3 unspecified atom stereocenters. The molecule has 0 aromatic carbocycles. The summed E-state index contributed by atoms with van der Waals surface area (Å²) in [5.74, 6) is 1.94. The van der Waals surface area contributed by atoms with Crippen LogP contribution in [0.3, 0.4) is 0 Å². The average molecular weight is 349 g/mol. The van der Waals surface area contributed by atoms with Crippen LogP contribution in [-0.2, 0) is 0 Å². The first-order valence-corrected chi connectivity index (χ1v) is 10.7. The van der Waals surface area contributed by atoms with Gasteiger partial charge in [0, 0.05) is 18.0 Å². The molecule has 0 aromatic heterocycles. The SMILES string of the molecule is CCN1C[C@]2(C)CC[C@H](O)C34C5C[C@@H]6CC[C@@]5(C(C[C@@H]32)[C@@H]14)[C@@H]([OH2+])[C@H]6O. The Morgan fingerprint density at radius 3 is 2.68 bits per heavy atom. The second-order valence-electron chi connectivity index (χ2n) is 10.8. The van der Waals surface area contributed by atoms with Gasteiger partial charge in [-0.15, -0.1) is 0 Å². The van der Waals surface area contributed by atoms with Crippen molar-refractivity contribution in [1.82, 2.24) is 4.90 Å². The molecule has 7 fully saturated rings. The summed E-state index contributed by atoms with van der Waals surface area (Å²) in [5.41, 5.74) is 0.339. The van der Waals surface area contributed by atoms with E-state index >= 15 is 0 Å². The molecule has 0 amide bonds. The number of nitrogens with zero attached hydrogens (tertiary/aromatic N) is 1. The molecule has 4 nitrogen and oxygen atoms in total. The molecule has 2 spiro atoms. The Bertz CT molecular complexity index is 626. The quantitative estimate of drug-likeness (QED) is 0.703. The van der Waals surface area contributed by atoms with Gasteiger partial charge in [0.2, 0.25) is 0 Å². The van der Waals surface area contributed by atoms with Crippen molar-refractivity contribution in [3.63, 3.8) is 0 Å². The zero-order valence-electron chi connectivity index (χ0n) is 15.6. The monoisotopic (exact) mass is 348 g/mol. The van der Waals surface area contributed by atoms with Crippen molar-refractivity contribution in [1.29, 1.82) is 0 Å². The van der Waals surface area contributed by atoms with Crippen LogP contribution in [0.1, 0.15) is 52.4 Å². The van der Waals surface area contributed by atoms with Gasteiger partial charge < -0.3 is 15.3 Å². The lowest BCUT2D eigenvalue weighted by molar-refractivity contribution is -0.260. The highest BCUT2D eigenvalue weighted by Crippen LogP contribution is 2.83. The fourth-order valence-electron chi connectivity index (χ4n) is 10.0. The summed E-state index contributed by atoms with van der Waals surface area (Å²) in [6.45, 7) is 7.02. The molecule has 0 aromatic rings. The topological polar surface area (TPSA) is 66.6 Å². The van der Waals surface area contributed by atoms with E-state index < -0.39 is 6.10 Å². The molecule has 1 saturated heterocycles. The highest BCUT2D eigenvalue weighted by molar-refractivity contribution is 5.34. The van der Waals surface area contributed by atoms with Crippen molar-refractivity contribution in [2.75, 3.05) is 13.1 Å². The van der Waals surface area contributed by atoms with E-state index in [1.165, 1.54) is 13.0 Å². The Labute approximate surface area is 150 Å². The summed E-state index contributed by atoms with van der Waals surface area (Å²) in [6.07, 6.45) is 5.69. The van der Waals surface area contributed by atoms with E-state index in [1.807, 2.05) is 0 Å². The normalized spacial score (nSPS) is 67.6. The van der Waals surface area contributed by atoms with Crippen LogP contribution in [0.25, 0.3) is 0 Å². The number of aliphatic hydroxyl groups excluding tert-OH is 2. The minimum Gasteiger partial charge on any atom is -0.441 e. The van der Waals surface area contributed by atoms with E-state index in [1.54, 1.807) is 0 Å². The molecule has 6 saturated carbocycles. The molecule has 0 radical (unpaired) electrons. The fraction of sp³-hybridized carbons (Fsp3) is 1.00. The lowest BCUT2D eigenvalue weighted by atomic mass is 9.39. The van der Waals surface area contributed by atoms with Gasteiger partial charge in [0.15, 0.2) is 6.10 Å². The summed E-state index contributed by atoms with van der Waals surface area (Å²) in [6, 6.07) is 0.466. The molecule has 11 atom stereocenters. The number of aliphatic hydroxyl groups is 2. The first-order valence-electron chi connectivity index (χ1n) is 10.7. The van der Waals surface area contributed by atoms with Gasteiger partial charge in [-0.2, -0.15) is 0 Å². The van der Waals surface area contributed by atoms with Crippen LogP contribution in [0.15, 0.2) is 0 Å². The largest absolute Gasteiger partial charge is 0.441 e. The number of hydrogen-bond acceptors (Lipinski definition) is 3. The Morgan fingerprint density at radius 2 is 1.92 bits per heavy atom. The molecular formula is C21H34NO3+. The predicted octanol–water partition coefficient (Wildman–Crippen LogP) is 1.36. The van der Waals surface area contributed by atoms with Crippen molar-refractivity contribution in [3.8, 4) is 0 Å². The van der Waals surface area contributed by atoms with Gasteiger partial charge in [-0.05, 0) is 74.2 Å². The van der Waals surface area contributed by atoms with Gasteiger partial charge in [-0.1, -0.05) is 13.8 Å². The maximum Gasteiger partial charge on any atom is 0.186 e. The second-order valence-corrected chi connectivity index (χ2v) is 10.8. The summed E-state index contributed by atoms with van der Waals surface area (Å²) < 4.78 is 0. The van der Waals surface area contributed by atoms with Gasteiger partial charge >= 0.3 is 0 Å². The maximum absolute atomic E-state index is 11.5. The summed E-state index contributed by atoms with van der Waals surface area (Å²) in [7, 11) is 0. The Kier molecular flexibility index (Phi) is 2.82. The molecule has 4 N–H and O–H groups in total. The second kappa shape index (κ2) is 4.45. The standard InChI is InChI=1S/C21H33NO3/c1-3-22-10-19(2)6-5-15(23)21-13(19)9-12(17(21)22)20-7-4-11(8-14(20)21)16(24)18(20)25/h11-18,23-25H,3-10H2,1-2H3/p+1/t11-,12?,13+,14?,15-,16-,17+,18-,19-,20-,21?/m0/s1. The molecular weight excluding hydrogens is 314 g/mol. The molecule has 4 heteroatoms. The molecule has 25 heavy (non-hydrogen) atoms. The number of rotatable bonds is 1. The highest BCUT2D eigenvalue weighted by Gasteiger charge is 2.85. The van der Waals surface area contributed by atoms with Crippen molar-refractivity contribution in [2.24, 2.45) is 39.9 Å². The van der Waals surface area contributed by atoms with Crippen LogP contribution in [-0.4, -0.2) is 57.7 Å². The smallest absolute Gasteiger partial charge is 0.186 e. The van der Waals surface area contributed by atoms with E-state index in [-0.39, 0.29) is 23.0 Å². The molecule has 1 aliphatic heterocycles. The minimum atomic E-state index is -0.428. The third-order valence-corrected chi connectivity index (χ3v) is 10.6. The van der Waals surface area contributed by atoms with E-state index in [0.717, 1.165) is 38.6 Å². The number of likely N-dealkylation sites (tertiary alicyclic amines) is 1. The molecule has 1 heterocycles. The minimum absolute atomic E-state index is 0.0179. The van der Waals surface area contributed by atoms with Crippen molar-refractivity contribution in [2.45, 2.75) is 76.7 Å². The van der Waals surface area contributed by atoms with Crippen LogP contribution >= 0.6 is 0 Å². The van der Waals surface area contributed by atoms with Crippen LogP contribution in [0, 0.1) is 39.9 Å². The van der Waals surface area contributed by atoms with Crippen molar-refractivity contribution < 1.29 is 15.3 Å². The summed E-state index contributed by atoms with van der Waals surface area (Å²) >= 11 is 0. The van der Waals surface area contributed by atoms with E-state index in [0.29, 0.717) is 35.1 Å². The van der Waals surface area contributed by atoms with E-state index in [9.17, 15) is 10.2 Å². The first-order chi connectivity index (χ1) is 11.9. The van der Waals surface area contributed by atoms with Crippen LogP contribution in [0.5, 0.6) is 0 Å². The number of fused-ring (bicyclic) bond motifs is 2. The summed E-state index contributed by atoms with van der Waals surface area (Å²) in [5, 5.41) is 31.3. The number of hydrogen-bond donors (Lipinski definition) is 2. The van der Waals surface area contributed by atoms with Crippen LogP contribution < -0.4 is 0 Å². The number of piperidine rings is 1. The molecule has 140 valence electrons. The molecule has 7 aliphatic rings. The molecule has 7 rings (SSSR count). The average Bonchev–Trinajstić information content (AvgIpc) is 3.05. The van der Waals surface area contributed by atoms with Gasteiger partial charge in [0.25, 0.3) is 0 Å². The highest BCUT2D eigenvalue weighted by atomic mass is 16.3. The zero-order valence-corrected chi connectivity index (χ0v) is 15.6. The van der Waals surface area contributed by atoms with Gasteiger partial charge in [-0.25, -0.2) is 0 Å². The summed E-state index contributed by atoms with van der Waals surface area (Å²) in [4.78, 5) is 2.70. The maximum atomic E-state index is 11.5. The predicted molar refractivity (Wildman–Crippen MR) is 95.1 cm³/mol. The van der Waals surface area contributed by atoms with Gasteiger partial charge in [0.1, 0.15) is 6.10 Å². The lowest BCUT2D eigenvalue weighted by Gasteiger charge is -2.67. The van der Waals surface area contributed by atoms with Crippen molar-refractivity contribution >= 4 is 0 Å². The van der Waals surface area contributed by atoms with E-state index in [4.69, 9.17) is 5.11 Å². The van der Waals surface area contributed by atoms with Gasteiger partial charge in [-0.3, -0.25) is 4.90 Å². The lowest BCUT2D eigenvalue weighted by Crippen LogP contribution is -2.70. The molecule has 6 aliphatic carbocycles. The molecule has 7 bridgehead atoms. The Balaban J connectivity index is 1.59. The van der Waals surface area contributed by atoms with Gasteiger partial charge in [0.05, 0.1) is 11.5 Å². The first kappa shape index (κ1) is 15.9. The van der Waals surface area contributed by atoms with Crippen LogP contribution in [0.2, 0.25) is 0 Å². The van der Waals surface area contributed by atoms with Crippen LogP contribution in [0.4, 0.5) is 0 Å². The third-order valence-electron chi connectivity index (χ3n) is 10.6. The fourth-order valence-corrected chi connectivity index (χ4v) is 10.0. The van der Waals surface area contributed by atoms with E-state index in [2.05, 4.69) is 18.7 Å². The third kappa shape index (κ3) is 1.38. The zero-order chi connectivity index (χ0) is 17.4. The Morgan fingerprint density at radius 1 is 1.12 bits per heavy atom. The Hall–Kier alpha value is -0.160. The van der Waals surface area contributed by atoms with Crippen molar-refractivity contribution in [3.05, 3.63) is 0 Å².